The Hall–Kier alpha value is -3.08. The molecule has 0 amide bonds. The van der Waals surface area contributed by atoms with Crippen LogP contribution in [0.5, 0.6) is 0 Å². The van der Waals surface area contributed by atoms with Crippen molar-refractivity contribution in [2.45, 2.75) is 13.5 Å². The van der Waals surface area contributed by atoms with Gasteiger partial charge >= 0.3 is 11.9 Å². The quantitative estimate of drug-likeness (QED) is 0.727. The summed E-state index contributed by atoms with van der Waals surface area (Å²) in [4.78, 5) is 26.9. The number of aromatic amines is 1. The first-order valence-electron chi connectivity index (χ1n) is 7.68. The molecule has 5 nitrogen and oxygen atoms in total. The summed E-state index contributed by atoms with van der Waals surface area (Å²) in [5, 5.41) is 0.757. The van der Waals surface area contributed by atoms with E-state index in [9.17, 15) is 9.59 Å². The van der Waals surface area contributed by atoms with Gasteiger partial charge in [-0.1, -0.05) is 30.3 Å². The molecule has 3 rings (SSSR count). The van der Waals surface area contributed by atoms with E-state index in [-0.39, 0.29) is 12.6 Å². The van der Waals surface area contributed by atoms with Crippen LogP contribution in [0.1, 0.15) is 33.3 Å². The summed E-state index contributed by atoms with van der Waals surface area (Å²) in [6, 6.07) is 16.2. The Morgan fingerprint density at radius 2 is 1.75 bits per heavy atom. The molecule has 1 N–H and O–H groups in total. The van der Waals surface area contributed by atoms with Gasteiger partial charge in [0.05, 0.1) is 12.2 Å². The molecule has 0 radical (unpaired) electrons. The van der Waals surface area contributed by atoms with Gasteiger partial charge in [-0.2, -0.15) is 0 Å². The molecule has 1 heterocycles. The average molecular weight is 323 g/mol. The SMILES string of the molecule is CCOC(=O)c1ccc2[nH]c(C(=O)OCc3ccccc3)cc2c1. The molecule has 0 bridgehead atoms. The van der Waals surface area contributed by atoms with E-state index < -0.39 is 5.97 Å². The molecule has 24 heavy (non-hydrogen) atoms. The van der Waals surface area contributed by atoms with E-state index in [1.807, 2.05) is 30.3 Å². The van der Waals surface area contributed by atoms with Gasteiger partial charge in [0, 0.05) is 10.9 Å². The zero-order valence-corrected chi connectivity index (χ0v) is 13.2. The van der Waals surface area contributed by atoms with Crippen LogP contribution in [0.2, 0.25) is 0 Å². The van der Waals surface area contributed by atoms with Crippen LogP contribution < -0.4 is 0 Å². The second kappa shape index (κ2) is 7.00. The van der Waals surface area contributed by atoms with Crippen molar-refractivity contribution in [3.63, 3.8) is 0 Å². The maximum atomic E-state index is 12.2. The molecule has 0 atom stereocenters. The predicted molar refractivity (Wildman–Crippen MR) is 89.8 cm³/mol. The summed E-state index contributed by atoms with van der Waals surface area (Å²) in [7, 11) is 0. The lowest BCUT2D eigenvalue weighted by Crippen LogP contribution is -2.05. The number of nitrogens with one attached hydrogen (secondary N) is 1. The van der Waals surface area contributed by atoms with Gasteiger partial charge in [-0.25, -0.2) is 9.59 Å². The van der Waals surface area contributed by atoms with Crippen molar-refractivity contribution in [1.82, 2.24) is 4.98 Å². The molecular formula is C19H17NO4. The highest BCUT2D eigenvalue weighted by molar-refractivity contribution is 5.98. The first kappa shape index (κ1) is 15.8. The molecule has 0 spiro atoms. The van der Waals surface area contributed by atoms with E-state index in [2.05, 4.69) is 4.98 Å². The van der Waals surface area contributed by atoms with E-state index in [1.165, 1.54) is 0 Å². The number of ether oxygens (including phenoxy) is 2. The minimum absolute atomic E-state index is 0.211. The standard InChI is InChI=1S/C19H17NO4/c1-2-23-18(21)14-8-9-16-15(10-14)11-17(20-16)19(22)24-12-13-6-4-3-5-7-13/h3-11,20H,2,12H2,1H3. The lowest BCUT2D eigenvalue weighted by Gasteiger charge is -2.02. The third-order valence-electron chi connectivity index (χ3n) is 3.56. The van der Waals surface area contributed by atoms with Crippen LogP contribution in [0.15, 0.2) is 54.6 Å². The van der Waals surface area contributed by atoms with E-state index in [1.54, 1.807) is 31.2 Å². The Bertz CT molecular complexity index is 867. The van der Waals surface area contributed by atoms with Crippen LogP contribution in [0.25, 0.3) is 10.9 Å². The van der Waals surface area contributed by atoms with E-state index >= 15 is 0 Å². The summed E-state index contributed by atoms with van der Waals surface area (Å²) in [6.07, 6.45) is 0. The summed E-state index contributed by atoms with van der Waals surface area (Å²) >= 11 is 0. The first-order valence-corrected chi connectivity index (χ1v) is 7.68. The summed E-state index contributed by atoms with van der Waals surface area (Å²) in [5.41, 5.74) is 2.48. The average Bonchev–Trinajstić information content (AvgIpc) is 3.04. The fraction of sp³-hybridized carbons (Fsp3) is 0.158. The van der Waals surface area contributed by atoms with Crippen LogP contribution in [-0.4, -0.2) is 23.5 Å². The monoisotopic (exact) mass is 323 g/mol. The number of hydrogen-bond acceptors (Lipinski definition) is 4. The van der Waals surface area contributed by atoms with E-state index in [0.29, 0.717) is 17.9 Å². The Morgan fingerprint density at radius 1 is 0.958 bits per heavy atom. The van der Waals surface area contributed by atoms with Gasteiger partial charge in [0.25, 0.3) is 0 Å². The molecule has 0 unspecified atom stereocenters. The molecule has 0 saturated carbocycles. The molecule has 0 aliphatic rings. The molecule has 3 aromatic rings. The maximum Gasteiger partial charge on any atom is 0.355 e. The van der Waals surface area contributed by atoms with Crippen LogP contribution in [0.3, 0.4) is 0 Å². The number of esters is 2. The zero-order valence-electron chi connectivity index (χ0n) is 13.2. The van der Waals surface area contributed by atoms with Gasteiger partial charge < -0.3 is 14.5 Å². The normalized spacial score (nSPS) is 10.5. The molecule has 1 aromatic heterocycles. The molecule has 122 valence electrons. The molecule has 0 fully saturated rings. The Labute approximate surface area is 139 Å². The highest BCUT2D eigenvalue weighted by Gasteiger charge is 2.13. The van der Waals surface area contributed by atoms with Crippen molar-refractivity contribution in [2.24, 2.45) is 0 Å². The number of carbonyl (C=O) groups excluding carboxylic acids is 2. The molecule has 0 aliphatic carbocycles. The van der Waals surface area contributed by atoms with Crippen LogP contribution in [-0.2, 0) is 16.1 Å². The molecule has 2 aromatic carbocycles. The lowest BCUT2D eigenvalue weighted by molar-refractivity contribution is 0.0465. The van der Waals surface area contributed by atoms with Crippen molar-refractivity contribution in [2.75, 3.05) is 6.61 Å². The van der Waals surface area contributed by atoms with Gasteiger partial charge in [0.2, 0.25) is 0 Å². The van der Waals surface area contributed by atoms with Crippen molar-refractivity contribution in [1.29, 1.82) is 0 Å². The fourth-order valence-corrected chi connectivity index (χ4v) is 2.38. The highest BCUT2D eigenvalue weighted by atomic mass is 16.5. The van der Waals surface area contributed by atoms with Gasteiger partial charge in [0.15, 0.2) is 0 Å². The van der Waals surface area contributed by atoms with Gasteiger partial charge in [-0.3, -0.25) is 0 Å². The van der Waals surface area contributed by atoms with E-state index in [0.717, 1.165) is 16.5 Å². The third-order valence-corrected chi connectivity index (χ3v) is 3.56. The number of fused-ring (bicyclic) bond motifs is 1. The van der Waals surface area contributed by atoms with Gasteiger partial charge in [0.1, 0.15) is 12.3 Å². The van der Waals surface area contributed by atoms with Crippen molar-refractivity contribution < 1.29 is 19.1 Å². The Balaban J connectivity index is 1.75. The van der Waals surface area contributed by atoms with Crippen molar-refractivity contribution in [3.8, 4) is 0 Å². The first-order chi connectivity index (χ1) is 11.7. The third kappa shape index (κ3) is 3.46. The van der Waals surface area contributed by atoms with Crippen LogP contribution in [0.4, 0.5) is 0 Å². The second-order valence-electron chi connectivity index (χ2n) is 5.27. The smallest absolute Gasteiger partial charge is 0.355 e. The lowest BCUT2D eigenvalue weighted by atomic mass is 10.1. The van der Waals surface area contributed by atoms with Crippen molar-refractivity contribution >= 4 is 22.8 Å². The molecule has 0 saturated heterocycles. The largest absolute Gasteiger partial charge is 0.462 e. The number of rotatable bonds is 5. The number of benzene rings is 2. The van der Waals surface area contributed by atoms with Gasteiger partial charge in [-0.15, -0.1) is 0 Å². The zero-order chi connectivity index (χ0) is 16.9. The molecule has 0 aliphatic heterocycles. The predicted octanol–water partition coefficient (Wildman–Crippen LogP) is 3.70. The molecular weight excluding hydrogens is 306 g/mol. The van der Waals surface area contributed by atoms with Crippen molar-refractivity contribution in [3.05, 3.63) is 71.4 Å². The summed E-state index contributed by atoms with van der Waals surface area (Å²) < 4.78 is 10.3. The number of H-pyrrole nitrogens is 1. The Morgan fingerprint density at radius 3 is 2.50 bits per heavy atom. The molecule has 5 heteroatoms. The second-order valence-corrected chi connectivity index (χ2v) is 5.27. The minimum Gasteiger partial charge on any atom is -0.462 e. The summed E-state index contributed by atoms with van der Waals surface area (Å²) in [5.74, 6) is -0.818. The minimum atomic E-state index is -0.437. The van der Waals surface area contributed by atoms with Gasteiger partial charge in [-0.05, 0) is 36.8 Å². The Kier molecular flexibility index (Phi) is 4.61. The summed E-state index contributed by atoms with van der Waals surface area (Å²) in [6.45, 7) is 2.29. The number of carbonyl (C=O) groups is 2. The van der Waals surface area contributed by atoms with Crippen LogP contribution in [0, 0.1) is 0 Å². The number of hydrogen-bond donors (Lipinski definition) is 1. The maximum absolute atomic E-state index is 12.2. The van der Waals surface area contributed by atoms with Crippen LogP contribution >= 0.6 is 0 Å². The number of aromatic nitrogens is 1. The highest BCUT2D eigenvalue weighted by Crippen LogP contribution is 2.19. The fourth-order valence-electron chi connectivity index (χ4n) is 2.38. The topological polar surface area (TPSA) is 68.4 Å². The van der Waals surface area contributed by atoms with E-state index in [4.69, 9.17) is 9.47 Å².